The summed E-state index contributed by atoms with van der Waals surface area (Å²) in [6.45, 7) is 7.89. The van der Waals surface area contributed by atoms with E-state index in [1.165, 1.54) is 5.56 Å². The highest BCUT2D eigenvalue weighted by Gasteiger charge is 2.11. The fraction of sp³-hybridized carbons (Fsp3) is 0.571. The molecule has 0 amide bonds. The number of hydrogen-bond acceptors (Lipinski definition) is 3. The Morgan fingerprint density at radius 1 is 1.18 bits per heavy atom. The molecule has 3 nitrogen and oxygen atoms in total. The molecule has 0 saturated heterocycles. The summed E-state index contributed by atoms with van der Waals surface area (Å²) in [4.78, 5) is 2.24. The zero-order valence-electron chi connectivity index (χ0n) is 11.2. The lowest BCUT2D eigenvalue weighted by Gasteiger charge is -2.25. The van der Waals surface area contributed by atoms with Gasteiger partial charge in [0.05, 0.1) is 12.7 Å². The Morgan fingerprint density at radius 2 is 1.76 bits per heavy atom. The van der Waals surface area contributed by atoms with Crippen LogP contribution in [0.3, 0.4) is 0 Å². The first kappa shape index (κ1) is 14.0. The smallest absolute Gasteiger partial charge is 0.115 e. The van der Waals surface area contributed by atoms with Gasteiger partial charge in [-0.05, 0) is 45.5 Å². The zero-order chi connectivity index (χ0) is 12.8. The van der Waals surface area contributed by atoms with E-state index in [4.69, 9.17) is 4.74 Å². The van der Waals surface area contributed by atoms with Gasteiger partial charge in [0.2, 0.25) is 0 Å². The molecule has 1 N–H and O–H groups in total. The van der Waals surface area contributed by atoms with Crippen LogP contribution in [0.5, 0.6) is 5.75 Å². The number of hydrogen-bond donors (Lipinski definition) is 1. The number of phenolic OH excluding ortho intramolecular Hbond substituents is 1. The number of aromatic hydroxyl groups is 1. The van der Waals surface area contributed by atoms with Crippen LogP contribution in [0, 0.1) is 0 Å². The molecule has 0 saturated carbocycles. The van der Waals surface area contributed by atoms with Crippen LogP contribution in [0.25, 0.3) is 0 Å². The van der Waals surface area contributed by atoms with Gasteiger partial charge in [0.15, 0.2) is 0 Å². The van der Waals surface area contributed by atoms with Crippen molar-refractivity contribution in [1.29, 1.82) is 0 Å². The van der Waals surface area contributed by atoms with Crippen molar-refractivity contribution in [3.63, 3.8) is 0 Å². The van der Waals surface area contributed by atoms with Crippen molar-refractivity contribution >= 4 is 0 Å². The van der Waals surface area contributed by atoms with E-state index in [1.54, 1.807) is 12.1 Å². The van der Waals surface area contributed by atoms with Crippen LogP contribution in [-0.4, -0.2) is 36.3 Å². The van der Waals surface area contributed by atoms with Crippen molar-refractivity contribution < 1.29 is 9.84 Å². The molecule has 0 aromatic heterocycles. The van der Waals surface area contributed by atoms with Crippen LogP contribution < -0.4 is 0 Å². The van der Waals surface area contributed by atoms with Crippen LogP contribution in [0.2, 0.25) is 0 Å². The first-order valence-electron chi connectivity index (χ1n) is 6.11. The number of benzene rings is 1. The number of ether oxygens (including phenoxy) is 1. The number of nitrogens with zero attached hydrogens (tertiary/aromatic N) is 1. The summed E-state index contributed by atoms with van der Waals surface area (Å²) in [6, 6.07) is 7.69. The van der Waals surface area contributed by atoms with Gasteiger partial charge in [0, 0.05) is 12.6 Å². The predicted molar refractivity (Wildman–Crippen MR) is 70.2 cm³/mol. The molecule has 0 aliphatic heterocycles. The first-order chi connectivity index (χ1) is 8.00. The second-order valence-electron chi connectivity index (χ2n) is 4.67. The molecule has 3 heteroatoms. The first-order valence-corrected chi connectivity index (χ1v) is 6.11. The topological polar surface area (TPSA) is 32.7 Å². The molecule has 1 rings (SSSR count). The van der Waals surface area contributed by atoms with Gasteiger partial charge in [-0.2, -0.15) is 0 Å². The molecule has 0 fully saturated rings. The van der Waals surface area contributed by atoms with Crippen molar-refractivity contribution in [2.45, 2.75) is 32.9 Å². The van der Waals surface area contributed by atoms with Crippen LogP contribution in [0.1, 0.15) is 32.4 Å². The van der Waals surface area contributed by atoms with Gasteiger partial charge in [0.25, 0.3) is 0 Å². The largest absolute Gasteiger partial charge is 0.508 e. The van der Waals surface area contributed by atoms with E-state index in [9.17, 15) is 5.11 Å². The third-order valence-corrected chi connectivity index (χ3v) is 2.93. The van der Waals surface area contributed by atoms with Crippen molar-refractivity contribution in [3.8, 4) is 5.75 Å². The summed E-state index contributed by atoms with van der Waals surface area (Å²) >= 11 is 0. The van der Waals surface area contributed by atoms with Gasteiger partial charge in [0.1, 0.15) is 5.75 Å². The van der Waals surface area contributed by atoms with Gasteiger partial charge < -0.3 is 9.84 Å². The van der Waals surface area contributed by atoms with E-state index in [1.807, 2.05) is 26.0 Å². The molecule has 17 heavy (non-hydrogen) atoms. The summed E-state index contributed by atoms with van der Waals surface area (Å²) in [5.41, 5.74) is 1.20. The van der Waals surface area contributed by atoms with Gasteiger partial charge in [-0.25, -0.2) is 0 Å². The summed E-state index contributed by atoms with van der Waals surface area (Å²) in [6.07, 6.45) is 0.285. The number of phenols is 1. The Hall–Kier alpha value is -1.06. The second-order valence-corrected chi connectivity index (χ2v) is 4.67. The molecule has 1 aromatic rings. The molecule has 0 heterocycles. The summed E-state index contributed by atoms with van der Waals surface area (Å²) in [5, 5.41) is 9.25. The minimum Gasteiger partial charge on any atom is -0.508 e. The number of rotatable bonds is 6. The highest BCUT2D eigenvalue weighted by atomic mass is 16.5. The van der Waals surface area contributed by atoms with E-state index >= 15 is 0 Å². The summed E-state index contributed by atoms with van der Waals surface area (Å²) < 4.78 is 5.54. The standard InChI is InChI=1S/C14H23NO2/c1-11(2)17-10-9-15(4)12(3)13-5-7-14(16)8-6-13/h5-8,11-12,16H,9-10H2,1-4H3. The lowest BCUT2D eigenvalue weighted by atomic mass is 10.1. The summed E-state index contributed by atoms with van der Waals surface area (Å²) in [7, 11) is 2.08. The third-order valence-electron chi connectivity index (χ3n) is 2.93. The maximum Gasteiger partial charge on any atom is 0.115 e. The normalized spacial score (nSPS) is 13.3. The van der Waals surface area contributed by atoms with Gasteiger partial charge in [-0.15, -0.1) is 0 Å². The monoisotopic (exact) mass is 237 g/mol. The van der Waals surface area contributed by atoms with E-state index in [0.29, 0.717) is 11.8 Å². The molecule has 0 aliphatic carbocycles. The third kappa shape index (κ3) is 4.75. The lowest BCUT2D eigenvalue weighted by molar-refractivity contribution is 0.0573. The van der Waals surface area contributed by atoms with Crippen LogP contribution in [0.15, 0.2) is 24.3 Å². The molecule has 0 aliphatic rings. The molecule has 0 spiro atoms. The van der Waals surface area contributed by atoms with Crippen LogP contribution >= 0.6 is 0 Å². The maximum atomic E-state index is 9.25. The van der Waals surface area contributed by atoms with Gasteiger partial charge in [-0.3, -0.25) is 4.90 Å². The minimum absolute atomic E-state index is 0.285. The summed E-state index contributed by atoms with van der Waals surface area (Å²) in [5.74, 6) is 0.312. The Bertz CT molecular complexity index is 321. The predicted octanol–water partition coefficient (Wildman–Crippen LogP) is 2.81. The fourth-order valence-corrected chi connectivity index (χ4v) is 1.63. The maximum absolute atomic E-state index is 9.25. The Kier molecular flexibility index (Phi) is 5.45. The van der Waals surface area contributed by atoms with Crippen molar-refractivity contribution in [2.75, 3.05) is 20.2 Å². The molecule has 0 radical (unpaired) electrons. The molecular formula is C14H23NO2. The SMILES string of the molecule is CC(C)OCCN(C)C(C)c1ccc(O)cc1. The molecule has 96 valence electrons. The quantitative estimate of drug-likeness (QED) is 0.825. The molecule has 1 atom stereocenters. The Labute approximate surface area is 104 Å². The zero-order valence-corrected chi connectivity index (χ0v) is 11.2. The van der Waals surface area contributed by atoms with Gasteiger partial charge >= 0.3 is 0 Å². The molecular weight excluding hydrogens is 214 g/mol. The van der Waals surface area contributed by atoms with Gasteiger partial charge in [-0.1, -0.05) is 12.1 Å². The van der Waals surface area contributed by atoms with Crippen LogP contribution in [0.4, 0.5) is 0 Å². The van der Waals surface area contributed by atoms with E-state index in [2.05, 4.69) is 18.9 Å². The highest BCUT2D eigenvalue weighted by Crippen LogP contribution is 2.20. The fourth-order valence-electron chi connectivity index (χ4n) is 1.63. The van der Waals surface area contributed by atoms with Crippen LogP contribution in [-0.2, 0) is 4.74 Å². The van der Waals surface area contributed by atoms with E-state index in [0.717, 1.165) is 13.2 Å². The Morgan fingerprint density at radius 3 is 2.29 bits per heavy atom. The van der Waals surface area contributed by atoms with Crippen molar-refractivity contribution in [3.05, 3.63) is 29.8 Å². The Balaban J connectivity index is 2.45. The molecule has 1 aromatic carbocycles. The highest BCUT2D eigenvalue weighted by molar-refractivity contribution is 5.27. The van der Waals surface area contributed by atoms with E-state index in [-0.39, 0.29) is 6.10 Å². The van der Waals surface area contributed by atoms with Crippen molar-refractivity contribution in [1.82, 2.24) is 4.90 Å². The average molecular weight is 237 g/mol. The van der Waals surface area contributed by atoms with Crippen molar-refractivity contribution in [2.24, 2.45) is 0 Å². The van der Waals surface area contributed by atoms with E-state index < -0.39 is 0 Å². The average Bonchev–Trinajstić information content (AvgIpc) is 2.28. The molecule has 0 bridgehead atoms. The number of likely N-dealkylation sites (N-methyl/N-ethyl adjacent to an activating group) is 1. The minimum atomic E-state index is 0.285. The lowest BCUT2D eigenvalue weighted by Crippen LogP contribution is -2.27. The molecule has 1 unspecified atom stereocenters. The second kappa shape index (κ2) is 6.62.